The number of nitrogens with two attached hydrogens (primary N) is 1. The van der Waals surface area contributed by atoms with Crippen LogP contribution in [0.4, 0.5) is 0 Å². The fourth-order valence-electron chi connectivity index (χ4n) is 0.510. The van der Waals surface area contributed by atoms with Gasteiger partial charge in [-0.15, -0.1) is 0 Å². The van der Waals surface area contributed by atoms with Crippen molar-refractivity contribution in [3.05, 3.63) is 3.95 Å². The number of aromatic amines is 1. The van der Waals surface area contributed by atoms with Crippen molar-refractivity contribution < 1.29 is 0 Å². The summed E-state index contributed by atoms with van der Waals surface area (Å²) in [5, 5.41) is 14.7. The first-order valence-electron chi connectivity index (χ1n) is 3.12. The van der Waals surface area contributed by atoms with Gasteiger partial charge in [-0.3, -0.25) is 5.10 Å². The molecule has 1 rings (SSSR count). The minimum absolute atomic E-state index is 0.286. The molecule has 5 nitrogen and oxygen atoms in total. The van der Waals surface area contributed by atoms with Gasteiger partial charge in [0.25, 0.3) is 0 Å². The van der Waals surface area contributed by atoms with Gasteiger partial charge in [0.1, 0.15) is 5.84 Å². The Morgan fingerprint density at radius 2 is 2.69 bits per heavy atom. The SMILES string of the molecule is N#CN=C(N)CSc1n[nH]c(=S)s1. The number of nitrogens with zero attached hydrogens (tertiary/aromatic N) is 3. The van der Waals surface area contributed by atoms with Crippen LogP contribution in [-0.4, -0.2) is 21.8 Å². The predicted molar refractivity (Wildman–Crippen MR) is 55.3 cm³/mol. The molecule has 0 aliphatic heterocycles. The average molecular weight is 231 g/mol. The van der Waals surface area contributed by atoms with Crippen LogP contribution in [0.1, 0.15) is 0 Å². The molecule has 0 aliphatic rings. The van der Waals surface area contributed by atoms with Crippen LogP contribution < -0.4 is 5.73 Å². The van der Waals surface area contributed by atoms with Crippen LogP contribution in [0.5, 0.6) is 0 Å². The van der Waals surface area contributed by atoms with Crippen molar-refractivity contribution in [3.8, 4) is 6.19 Å². The molecule has 1 aromatic heterocycles. The maximum atomic E-state index is 8.18. The summed E-state index contributed by atoms with van der Waals surface area (Å²) < 4.78 is 1.42. The van der Waals surface area contributed by atoms with Crippen molar-refractivity contribution in [1.82, 2.24) is 10.2 Å². The highest BCUT2D eigenvalue weighted by Gasteiger charge is 2.00. The molecule has 0 aromatic carbocycles. The molecule has 0 amide bonds. The van der Waals surface area contributed by atoms with E-state index in [2.05, 4.69) is 15.2 Å². The number of H-pyrrole nitrogens is 1. The largest absolute Gasteiger partial charge is 0.386 e. The molecule has 0 spiro atoms. The van der Waals surface area contributed by atoms with E-state index in [0.29, 0.717) is 9.71 Å². The number of aliphatic imine (C=N–C) groups is 1. The first kappa shape index (κ1) is 10.2. The fourth-order valence-corrected chi connectivity index (χ4v) is 2.40. The maximum absolute atomic E-state index is 8.18. The Hall–Kier alpha value is -0.910. The summed E-state index contributed by atoms with van der Waals surface area (Å²) in [5.74, 6) is 0.734. The summed E-state index contributed by atoms with van der Waals surface area (Å²) in [6.45, 7) is 0. The second-order valence-electron chi connectivity index (χ2n) is 1.87. The van der Waals surface area contributed by atoms with E-state index in [-0.39, 0.29) is 5.84 Å². The third kappa shape index (κ3) is 3.54. The Labute approximate surface area is 87.7 Å². The normalized spacial score (nSPS) is 11.2. The smallest absolute Gasteiger partial charge is 0.207 e. The van der Waals surface area contributed by atoms with Gasteiger partial charge in [0, 0.05) is 0 Å². The lowest BCUT2D eigenvalue weighted by Gasteiger charge is -1.92. The predicted octanol–water partition coefficient (Wildman–Crippen LogP) is 1.13. The molecular formula is C5H5N5S3. The second-order valence-corrected chi connectivity index (χ2v) is 4.76. The van der Waals surface area contributed by atoms with E-state index in [1.165, 1.54) is 23.1 Å². The molecule has 0 atom stereocenters. The molecule has 0 bridgehead atoms. The first-order chi connectivity index (χ1) is 6.22. The van der Waals surface area contributed by atoms with Gasteiger partial charge < -0.3 is 5.73 Å². The molecule has 8 heteroatoms. The Balaban J connectivity index is 2.49. The molecule has 1 heterocycles. The van der Waals surface area contributed by atoms with E-state index in [0.717, 1.165) is 4.34 Å². The van der Waals surface area contributed by atoms with Gasteiger partial charge in [-0.1, -0.05) is 23.1 Å². The van der Waals surface area contributed by atoms with E-state index >= 15 is 0 Å². The molecule has 0 radical (unpaired) electrons. The first-order valence-corrected chi connectivity index (χ1v) is 5.33. The summed E-state index contributed by atoms with van der Waals surface area (Å²) in [6.07, 6.45) is 1.61. The molecule has 0 saturated carbocycles. The van der Waals surface area contributed by atoms with Crippen LogP contribution >= 0.6 is 35.3 Å². The zero-order chi connectivity index (χ0) is 9.68. The summed E-state index contributed by atoms with van der Waals surface area (Å²) in [4.78, 5) is 3.37. The lowest BCUT2D eigenvalue weighted by molar-refractivity contribution is 1.00. The topological polar surface area (TPSA) is 90.8 Å². The summed E-state index contributed by atoms with van der Waals surface area (Å²) >= 11 is 7.59. The van der Waals surface area contributed by atoms with Crippen molar-refractivity contribution in [2.45, 2.75) is 4.34 Å². The van der Waals surface area contributed by atoms with Gasteiger partial charge in [0.05, 0.1) is 5.75 Å². The van der Waals surface area contributed by atoms with E-state index in [1.807, 2.05) is 0 Å². The van der Waals surface area contributed by atoms with E-state index < -0.39 is 0 Å². The number of hydrogen-bond donors (Lipinski definition) is 2. The number of aromatic nitrogens is 2. The molecule has 1 aromatic rings. The number of nitrogens with one attached hydrogen (secondary N) is 1. The van der Waals surface area contributed by atoms with Crippen LogP contribution in [0.3, 0.4) is 0 Å². The van der Waals surface area contributed by atoms with E-state index in [9.17, 15) is 0 Å². The van der Waals surface area contributed by atoms with Gasteiger partial charge in [0.15, 0.2) is 8.29 Å². The molecule has 68 valence electrons. The third-order valence-electron chi connectivity index (χ3n) is 0.956. The lowest BCUT2D eigenvalue weighted by Crippen LogP contribution is -2.13. The molecule has 13 heavy (non-hydrogen) atoms. The second kappa shape index (κ2) is 4.96. The number of rotatable bonds is 3. The third-order valence-corrected chi connectivity index (χ3v) is 3.22. The number of hydrogen-bond acceptors (Lipinski definition) is 6. The lowest BCUT2D eigenvalue weighted by atomic mass is 10.7. The molecule has 0 aliphatic carbocycles. The van der Waals surface area contributed by atoms with E-state index in [1.54, 1.807) is 6.19 Å². The Morgan fingerprint density at radius 3 is 3.23 bits per heavy atom. The fraction of sp³-hybridized carbons (Fsp3) is 0.200. The molecule has 0 fully saturated rings. The number of amidine groups is 1. The maximum Gasteiger partial charge on any atom is 0.207 e. The summed E-state index contributed by atoms with van der Waals surface area (Å²) in [7, 11) is 0. The van der Waals surface area contributed by atoms with Gasteiger partial charge in [0.2, 0.25) is 6.19 Å². The highest BCUT2D eigenvalue weighted by molar-refractivity contribution is 8.01. The van der Waals surface area contributed by atoms with Crippen molar-refractivity contribution in [1.29, 1.82) is 5.26 Å². The van der Waals surface area contributed by atoms with Gasteiger partial charge in [-0.2, -0.15) is 15.4 Å². The van der Waals surface area contributed by atoms with Crippen molar-refractivity contribution in [3.63, 3.8) is 0 Å². The minimum Gasteiger partial charge on any atom is -0.386 e. The highest BCUT2D eigenvalue weighted by atomic mass is 32.2. The van der Waals surface area contributed by atoms with Gasteiger partial charge in [-0.05, 0) is 12.2 Å². The Kier molecular flexibility index (Phi) is 3.88. The summed E-state index contributed by atoms with van der Waals surface area (Å²) in [5.41, 5.74) is 5.39. The van der Waals surface area contributed by atoms with Crippen LogP contribution in [0.2, 0.25) is 0 Å². The Morgan fingerprint density at radius 1 is 1.92 bits per heavy atom. The molecule has 0 unspecified atom stereocenters. The van der Waals surface area contributed by atoms with Crippen molar-refractivity contribution in [2.75, 3.05) is 5.75 Å². The zero-order valence-corrected chi connectivity index (χ0v) is 8.80. The van der Waals surface area contributed by atoms with Crippen LogP contribution in [0.25, 0.3) is 0 Å². The van der Waals surface area contributed by atoms with Gasteiger partial charge >= 0.3 is 0 Å². The van der Waals surface area contributed by atoms with Crippen molar-refractivity contribution in [2.24, 2.45) is 10.7 Å². The van der Waals surface area contributed by atoms with Crippen LogP contribution in [0.15, 0.2) is 9.33 Å². The van der Waals surface area contributed by atoms with Crippen molar-refractivity contribution >= 4 is 41.2 Å². The summed E-state index contributed by atoms with van der Waals surface area (Å²) in [6, 6.07) is 0. The Bertz CT molecular complexity index is 397. The van der Waals surface area contributed by atoms with Gasteiger partial charge in [-0.25, -0.2) is 0 Å². The highest BCUT2D eigenvalue weighted by Crippen LogP contribution is 2.19. The zero-order valence-electron chi connectivity index (χ0n) is 6.35. The standard InChI is InChI=1S/C5H5N5S3/c6-2-8-3(7)1-12-5-10-9-4(11)13-5/h1H2,(H2,7,8)(H,9,11). The molecule has 3 N–H and O–H groups in total. The monoisotopic (exact) mass is 231 g/mol. The van der Waals surface area contributed by atoms with E-state index in [4.69, 9.17) is 23.2 Å². The quantitative estimate of drug-likeness (QED) is 0.267. The number of thioether (sulfide) groups is 1. The van der Waals surface area contributed by atoms with Crippen LogP contribution in [-0.2, 0) is 0 Å². The average Bonchev–Trinajstić information content (AvgIpc) is 2.49. The minimum atomic E-state index is 0.286. The van der Waals surface area contributed by atoms with Crippen LogP contribution in [0, 0.1) is 15.4 Å². The number of nitriles is 1. The molecular weight excluding hydrogens is 226 g/mol. The molecule has 0 saturated heterocycles.